The number of ether oxygens (including phenoxy) is 1. The molecule has 6 atom stereocenters. The largest absolute Gasteiger partial charge is 0.444 e. The number of fused-ring (bicyclic) bond motifs is 1. The predicted molar refractivity (Wildman–Crippen MR) is 151 cm³/mol. The molecule has 8 nitrogen and oxygen atoms in total. The lowest BCUT2D eigenvalue weighted by Crippen LogP contribution is -2.46. The molecule has 0 spiro atoms. The van der Waals surface area contributed by atoms with E-state index in [9.17, 15) is 14.4 Å². The van der Waals surface area contributed by atoms with Crippen molar-refractivity contribution in [3.63, 3.8) is 0 Å². The van der Waals surface area contributed by atoms with Crippen molar-refractivity contribution in [2.24, 2.45) is 41.4 Å². The van der Waals surface area contributed by atoms with E-state index in [1.807, 2.05) is 20.8 Å². The Morgan fingerprint density at radius 2 is 1.67 bits per heavy atom. The maximum atomic E-state index is 13.0. The number of carbonyl (C=O) groups excluding carboxylic acids is 3. The third-order valence-electron chi connectivity index (χ3n) is 10.2. The molecule has 39 heavy (non-hydrogen) atoms. The first kappa shape index (κ1) is 28.7. The lowest BCUT2D eigenvalue weighted by Gasteiger charge is -2.39. The molecular weight excluding hydrogens is 492 g/mol. The van der Waals surface area contributed by atoms with Crippen LogP contribution in [0.3, 0.4) is 0 Å². The number of likely N-dealkylation sites (tertiary alicyclic amines) is 1. The number of piperidine rings is 2. The van der Waals surface area contributed by atoms with Crippen LogP contribution in [0.1, 0.15) is 91.4 Å². The van der Waals surface area contributed by atoms with E-state index in [1.165, 1.54) is 12.8 Å². The zero-order valence-electron chi connectivity index (χ0n) is 24.5. The van der Waals surface area contributed by atoms with Crippen LogP contribution in [0.2, 0.25) is 0 Å². The maximum Gasteiger partial charge on any atom is 0.410 e. The van der Waals surface area contributed by atoms with Gasteiger partial charge in [0.1, 0.15) is 5.60 Å². The molecule has 6 unspecified atom stereocenters. The monoisotopic (exact) mass is 544 g/mol. The van der Waals surface area contributed by atoms with E-state index >= 15 is 0 Å². The summed E-state index contributed by atoms with van der Waals surface area (Å²) >= 11 is 0. The van der Waals surface area contributed by atoms with Crippen LogP contribution >= 0.6 is 0 Å². The van der Waals surface area contributed by atoms with Gasteiger partial charge in [0, 0.05) is 37.5 Å². The molecule has 220 valence electrons. The highest BCUT2D eigenvalue weighted by atomic mass is 16.6. The van der Waals surface area contributed by atoms with Crippen molar-refractivity contribution in [2.45, 2.75) is 103 Å². The predicted octanol–water partition coefficient (Wildman–Crippen LogP) is 4.09. The normalized spacial score (nSPS) is 36.8. The summed E-state index contributed by atoms with van der Waals surface area (Å²) in [5, 5.41) is 10.1. The Kier molecular flexibility index (Phi) is 9.09. The number of hydrogen-bond donors (Lipinski definition) is 3. The molecular formula is C31H52N4O4. The van der Waals surface area contributed by atoms with Gasteiger partial charge in [-0.2, -0.15) is 0 Å². The quantitative estimate of drug-likeness (QED) is 0.468. The van der Waals surface area contributed by atoms with Crippen molar-refractivity contribution < 1.29 is 19.1 Å². The Morgan fingerprint density at radius 1 is 0.897 bits per heavy atom. The van der Waals surface area contributed by atoms with Crippen LogP contribution in [-0.4, -0.2) is 67.2 Å². The number of carbonyl (C=O) groups is 3. The van der Waals surface area contributed by atoms with E-state index < -0.39 is 5.60 Å². The van der Waals surface area contributed by atoms with Crippen LogP contribution in [0.4, 0.5) is 4.79 Å². The molecule has 0 radical (unpaired) electrons. The molecule has 5 rings (SSSR count). The fraction of sp³-hybridized carbons (Fsp3) is 0.903. The van der Waals surface area contributed by atoms with Gasteiger partial charge in [0.2, 0.25) is 11.8 Å². The molecule has 8 heteroatoms. The molecule has 3 saturated carbocycles. The van der Waals surface area contributed by atoms with Gasteiger partial charge < -0.3 is 25.6 Å². The third kappa shape index (κ3) is 7.68. The van der Waals surface area contributed by atoms with E-state index in [4.69, 9.17) is 4.74 Å². The zero-order valence-corrected chi connectivity index (χ0v) is 24.5. The summed E-state index contributed by atoms with van der Waals surface area (Å²) in [5.74, 6) is 3.72. The number of amides is 3. The standard InChI is InChI=1S/C31H52N4O4/c1-31(2,3)39-30(38)35-14-4-5-20(19-35)17-33-28(36)22-8-6-21(7-9-22)26-16-27(26)29(37)34-25-11-10-24-18-32-13-12-23(24)15-25/h20-27,32H,4-19H2,1-3H3,(H,33,36)(H,34,37). The first-order chi connectivity index (χ1) is 18.7. The molecule has 2 aliphatic heterocycles. The molecule has 2 saturated heterocycles. The summed E-state index contributed by atoms with van der Waals surface area (Å²) in [6.45, 7) is 9.95. The summed E-state index contributed by atoms with van der Waals surface area (Å²) in [5.41, 5.74) is -0.492. The highest BCUT2D eigenvalue weighted by Crippen LogP contribution is 2.50. The Hall–Kier alpha value is -1.83. The number of nitrogens with one attached hydrogen (secondary N) is 3. The fourth-order valence-corrected chi connectivity index (χ4v) is 7.92. The van der Waals surface area contributed by atoms with Gasteiger partial charge in [-0.25, -0.2) is 4.79 Å². The average Bonchev–Trinajstić information content (AvgIpc) is 3.72. The van der Waals surface area contributed by atoms with E-state index in [0.717, 1.165) is 89.3 Å². The Balaban J connectivity index is 0.981. The van der Waals surface area contributed by atoms with E-state index in [1.54, 1.807) is 4.90 Å². The minimum absolute atomic E-state index is 0.0815. The van der Waals surface area contributed by atoms with Gasteiger partial charge in [0.15, 0.2) is 0 Å². The lowest BCUT2D eigenvalue weighted by atomic mass is 9.73. The SMILES string of the molecule is CC(C)(C)OC(=O)N1CCCC(CNC(=O)C2CCC(C3CC3C(=O)NC3CCC4CNCCC4C3)CC2)C1. The first-order valence-corrected chi connectivity index (χ1v) is 15.9. The molecule has 0 bridgehead atoms. The van der Waals surface area contributed by atoms with Crippen molar-refractivity contribution in [1.29, 1.82) is 0 Å². The van der Waals surface area contributed by atoms with Gasteiger partial charge in [0.05, 0.1) is 0 Å². The van der Waals surface area contributed by atoms with Crippen LogP contribution in [0.25, 0.3) is 0 Å². The van der Waals surface area contributed by atoms with E-state index in [2.05, 4.69) is 16.0 Å². The number of hydrogen-bond acceptors (Lipinski definition) is 5. The maximum absolute atomic E-state index is 13.0. The molecule has 0 aromatic carbocycles. The molecule has 3 aliphatic carbocycles. The molecule has 5 fully saturated rings. The zero-order chi connectivity index (χ0) is 27.6. The molecule has 0 aromatic heterocycles. The molecule has 3 amide bonds. The van der Waals surface area contributed by atoms with Gasteiger partial charge in [-0.3, -0.25) is 9.59 Å². The van der Waals surface area contributed by atoms with Crippen molar-refractivity contribution >= 4 is 17.9 Å². The van der Waals surface area contributed by atoms with Crippen molar-refractivity contribution in [3.8, 4) is 0 Å². The van der Waals surface area contributed by atoms with Crippen molar-refractivity contribution in [3.05, 3.63) is 0 Å². The Morgan fingerprint density at radius 3 is 2.44 bits per heavy atom. The van der Waals surface area contributed by atoms with Crippen LogP contribution in [0.15, 0.2) is 0 Å². The van der Waals surface area contributed by atoms with E-state index in [-0.39, 0.29) is 29.8 Å². The van der Waals surface area contributed by atoms with Crippen LogP contribution in [0, 0.1) is 41.4 Å². The highest BCUT2D eigenvalue weighted by molar-refractivity contribution is 5.82. The molecule has 2 heterocycles. The van der Waals surface area contributed by atoms with E-state index in [0.29, 0.717) is 36.9 Å². The smallest absolute Gasteiger partial charge is 0.410 e. The summed E-state index contributed by atoms with van der Waals surface area (Å²) < 4.78 is 5.53. The van der Waals surface area contributed by atoms with Gasteiger partial charge in [-0.05, 0) is 134 Å². The second-order valence-electron chi connectivity index (χ2n) is 14.3. The molecule has 5 aliphatic rings. The van der Waals surface area contributed by atoms with Crippen LogP contribution < -0.4 is 16.0 Å². The van der Waals surface area contributed by atoms with Crippen molar-refractivity contribution in [1.82, 2.24) is 20.9 Å². The number of rotatable bonds is 6. The van der Waals surface area contributed by atoms with Crippen LogP contribution in [-0.2, 0) is 14.3 Å². The third-order valence-corrected chi connectivity index (χ3v) is 10.2. The summed E-state index contributed by atoms with van der Waals surface area (Å²) in [6, 6.07) is 0.373. The second-order valence-corrected chi connectivity index (χ2v) is 14.3. The summed E-state index contributed by atoms with van der Waals surface area (Å²) in [4.78, 5) is 40.2. The molecule has 3 N–H and O–H groups in total. The van der Waals surface area contributed by atoms with Gasteiger partial charge >= 0.3 is 6.09 Å². The lowest BCUT2D eigenvalue weighted by molar-refractivity contribution is -0.127. The van der Waals surface area contributed by atoms with Gasteiger partial charge in [-0.1, -0.05) is 0 Å². The van der Waals surface area contributed by atoms with Gasteiger partial charge in [-0.15, -0.1) is 0 Å². The first-order valence-electron chi connectivity index (χ1n) is 15.9. The Bertz CT molecular complexity index is 880. The minimum Gasteiger partial charge on any atom is -0.444 e. The van der Waals surface area contributed by atoms with Crippen molar-refractivity contribution in [2.75, 3.05) is 32.7 Å². The summed E-state index contributed by atoms with van der Waals surface area (Å²) in [7, 11) is 0. The topological polar surface area (TPSA) is 99.8 Å². The highest BCUT2D eigenvalue weighted by Gasteiger charge is 2.49. The van der Waals surface area contributed by atoms with Gasteiger partial charge in [0.25, 0.3) is 0 Å². The summed E-state index contributed by atoms with van der Waals surface area (Å²) in [6.07, 6.45) is 11.5. The number of nitrogens with zero attached hydrogens (tertiary/aromatic N) is 1. The molecule has 0 aromatic rings. The van der Waals surface area contributed by atoms with Crippen LogP contribution in [0.5, 0.6) is 0 Å². The minimum atomic E-state index is -0.492. The average molecular weight is 545 g/mol. The second kappa shape index (κ2) is 12.4. The fourth-order valence-electron chi connectivity index (χ4n) is 7.92. The Labute approximate surface area is 235 Å².